The fraction of sp³-hybridized carbons (Fsp3) is 0.444. The first kappa shape index (κ1) is 8.05. The second-order valence-corrected chi connectivity index (χ2v) is 2.42. The fourth-order valence-electron chi connectivity index (χ4n) is 0.986. The second-order valence-electron chi connectivity index (χ2n) is 2.42. The molecule has 2 nitrogen and oxygen atoms in total. The lowest BCUT2D eigenvalue weighted by molar-refractivity contribution is 1.03. The Kier molecular flexibility index (Phi) is 2.90. The minimum Gasteiger partial charge on any atom is -0.385 e. The van der Waals surface area contributed by atoms with E-state index in [2.05, 4.69) is 30.2 Å². The molecular weight excluding hydrogens is 136 g/mol. The summed E-state index contributed by atoms with van der Waals surface area (Å²) < 4.78 is 0. The zero-order valence-corrected chi connectivity index (χ0v) is 7.09. The van der Waals surface area contributed by atoms with Crippen LogP contribution in [0.25, 0.3) is 0 Å². The van der Waals surface area contributed by atoms with Gasteiger partial charge in [0.15, 0.2) is 0 Å². The van der Waals surface area contributed by atoms with E-state index in [4.69, 9.17) is 0 Å². The fourth-order valence-corrected chi connectivity index (χ4v) is 0.986. The maximum Gasteiger partial charge on any atom is 0.0421 e. The van der Waals surface area contributed by atoms with Crippen LogP contribution in [-0.2, 0) is 6.42 Å². The Morgan fingerprint density at radius 1 is 1.45 bits per heavy atom. The van der Waals surface area contributed by atoms with Crippen molar-refractivity contribution in [1.82, 2.24) is 4.98 Å². The Morgan fingerprint density at radius 3 is 2.91 bits per heavy atom. The highest BCUT2D eigenvalue weighted by atomic mass is 14.9. The Labute approximate surface area is 67.7 Å². The molecule has 0 unspecified atom stereocenters. The van der Waals surface area contributed by atoms with Crippen LogP contribution >= 0.6 is 0 Å². The Bertz CT molecular complexity index is 221. The highest BCUT2D eigenvalue weighted by Gasteiger charge is 1.91. The third-order valence-electron chi connectivity index (χ3n) is 1.56. The molecule has 0 fully saturated rings. The molecule has 11 heavy (non-hydrogen) atoms. The van der Waals surface area contributed by atoms with Crippen LogP contribution in [0.3, 0.4) is 0 Å². The van der Waals surface area contributed by atoms with Crippen molar-refractivity contribution >= 4 is 5.69 Å². The molecule has 0 aliphatic carbocycles. The summed E-state index contributed by atoms with van der Waals surface area (Å²) in [6, 6.07) is 4.08. The van der Waals surface area contributed by atoms with Gasteiger partial charge in [0.25, 0.3) is 0 Å². The summed E-state index contributed by atoms with van der Waals surface area (Å²) in [7, 11) is 0. The van der Waals surface area contributed by atoms with Gasteiger partial charge in [-0.25, -0.2) is 0 Å². The topological polar surface area (TPSA) is 24.9 Å². The molecule has 1 aromatic heterocycles. The quantitative estimate of drug-likeness (QED) is 0.713. The van der Waals surface area contributed by atoms with Gasteiger partial charge in [-0.15, -0.1) is 0 Å². The summed E-state index contributed by atoms with van der Waals surface area (Å²) in [5, 5.41) is 3.24. The number of hydrogen-bond acceptors (Lipinski definition) is 2. The number of nitrogens with one attached hydrogen (secondary N) is 1. The third-order valence-corrected chi connectivity index (χ3v) is 1.56. The van der Waals surface area contributed by atoms with Gasteiger partial charge < -0.3 is 5.32 Å². The molecule has 1 N–H and O–H groups in total. The molecule has 60 valence electrons. The number of aromatic nitrogens is 1. The van der Waals surface area contributed by atoms with E-state index < -0.39 is 0 Å². The number of rotatable bonds is 3. The lowest BCUT2D eigenvalue weighted by Gasteiger charge is -2.03. The van der Waals surface area contributed by atoms with Crippen LogP contribution in [0.4, 0.5) is 5.69 Å². The summed E-state index contributed by atoms with van der Waals surface area (Å²) in [6.45, 7) is 5.16. The average Bonchev–Trinajstić information content (AvgIpc) is 2.06. The molecule has 0 aliphatic heterocycles. The van der Waals surface area contributed by atoms with Crippen molar-refractivity contribution < 1.29 is 0 Å². The van der Waals surface area contributed by atoms with Crippen molar-refractivity contribution in [3.63, 3.8) is 0 Å². The highest BCUT2D eigenvalue weighted by Crippen LogP contribution is 2.07. The first-order chi connectivity index (χ1) is 5.36. The van der Waals surface area contributed by atoms with Crippen LogP contribution in [0.2, 0.25) is 0 Å². The van der Waals surface area contributed by atoms with Gasteiger partial charge in [-0.1, -0.05) is 6.92 Å². The molecule has 0 saturated carbocycles. The molecule has 0 amide bonds. The molecule has 0 aromatic carbocycles. The molecule has 0 aliphatic rings. The van der Waals surface area contributed by atoms with Crippen LogP contribution < -0.4 is 5.32 Å². The lowest BCUT2D eigenvalue weighted by atomic mass is 10.2. The van der Waals surface area contributed by atoms with E-state index in [1.807, 2.05) is 12.3 Å². The van der Waals surface area contributed by atoms with Crippen molar-refractivity contribution in [1.29, 1.82) is 0 Å². The number of aryl methyl sites for hydroxylation is 1. The summed E-state index contributed by atoms with van der Waals surface area (Å²) in [4.78, 5) is 4.20. The third kappa shape index (κ3) is 2.22. The van der Waals surface area contributed by atoms with Gasteiger partial charge in [0.05, 0.1) is 0 Å². The minimum absolute atomic E-state index is 0.965. The van der Waals surface area contributed by atoms with Gasteiger partial charge in [0, 0.05) is 24.1 Å². The van der Waals surface area contributed by atoms with Crippen molar-refractivity contribution in [2.75, 3.05) is 11.9 Å². The van der Waals surface area contributed by atoms with E-state index in [1.54, 1.807) is 0 Å². The van der Waals surface area contributed by atoms with E-state index >= 15 is 0 Å². The Morgan fingerprint density at radius 2 is 2.27 bits per heavy atom. The Hall–Kier alpha value is -1.05. The van der Waals surface area contributed by atoms with E-state index in [9.17, 15) is 0 Å². The summed E-state index contributed by atoms with van der Waals surface area (Å²) in [5.74, 6) is 0. The molecule has 0 bridgehead atoms. The number of anilines is 1. The molecule has 1 rings (SSSR count). The van der Waals surface area contributed by atoms with Crippen molar-refractivity contribution in [2.24, 2.45) is 0 Å². The van der Waals surface area contributed by atoms with Gasteiger partial charge in [-0.2, -0.15) is 0 Å². The zero-order chi connectivity index (χ0) is 8.10. The number of hydrogen-bond donors (Lipinski definition) is 1. The van der Waals surface area contributed by atoms with E-state index in [0.29, 0.717) is 0 Å². The van der Waals surface area contributed by atoms with Gasteiger partial charge >= 0.3 is 0 Å². The van der Waals surface area contributed by atoms with Gasteiger partial charge in [0.2, 0.25) is 0 Å². The minimum atomic E-state index is 0.965. The lowest BCUT2D eigenvalue weighted by Crippen LogP contribution is -1.97. The molecule has 1 aromatic rings. The van der Waals surface area contributed by atoms with Crippen LogP contribution in [-0.4, -0.2) is 11.5 Å². The molecule has 1 heterocycles. The first-order valence-corrected chi connectivity index (χ1v) is 4.05. The molecular formula is C9H14N2. The molecule has 0 saturated heterocycles. The van der Waals surface area contributed by atoms with E-state index in [1.165, 1.54) is 5.69 Å². The van der Waals surface area contributed by atoms with Crippen molar-refractivity contribution in [2.45, 2.75) is 20.3 Å². The highest BCUT2D eigenvalue weighted by molar-refractivity contribution is 5.42. The average molecular weight is 150 g/mol. The predicted molar refractivity (Wildman–Crippen MR) is 47.8 cm³/mol. The maximum atomic E-state index is 4.20. The molecule has 2 heteroatoms. The van der Waals surface area contributed by atoms with Crippen molar-refractivity contribution in [3.8, 4) is 0 Å². The van der Waals surface area contributed by atoms with E-state index in [0.717, 1.165) is 18.7 Å². The van der Waals surface area contributed by atoms with Crippen LogP contribution in [0.1, 0.15) is 19.5 Å². The van der Waals surface area contributed by atoms with Gasteiger partial charge in [-0.3, -0.25) is 4.98 Å². The number of nitrogens with zero attached hydrogens (tertiary/aromatic N) is 1. The largest absolute Gasteiger partial charge is 0.385 e. The van der Waals surface area contributed by atoms with Crippen LogP contribution in [0.15, 0.2) is 18.3 Å². The first-order valence-electron chi connectivity index (χ1n) is 4.05. The molecule has 0 spiro atoms. The smallest absolute Gasteiger partial charge is 0.0421 e. The molecule has 0 atom stereocenters. The number of pyridine rings is 1. The van der Waals surface area contributed by atoms with Gasteiger partial charge in [0.1, 0.15) is 0 Å². The monoisotopic (exact) mass is 150 g/mol. The molecule has 0 radical (unpaired) electrons. The zero-order valence-electron chi connectivity index (χ0n) is 7.09. The van der Waals surface area contributed by atoms with Gasteiger partial charge in [-0.05, 0) is 25.5 Å². The normalized spacial score (nSPS) is 9.64. The van der Waals surface area contributed by atoms with E-state index in [-0.39, 0.29) is 0 Å². The standard InChI is InChI=1S/C9H14N2/c1-3-8-7-9(10-4-2)5-6-11-8/h5-7H,3-4H2,1-2H3,(H,10,11). The van der Waals surface area contributed by atoms with Crippen molar-refractivity contribution in [3.05, 3.63) is 24.0 Å². The summed E-state index contributed by atoms with van der Waals surface area (Å²) in [6.07, 6.45) is 2.84. The second kappa shape index (κ2) is 3.96. The summed E-state index contributed by atoms with van der Waals surface area (Å²) >= 11 is 0. The van der Waals surface area contributed by atoms with Crippen LogP contribution in [0.5, 0.6) is 0 Å². The summed E-state index contributed by atoms with van der Waals surface area (Å²) in [5.41, 5.74) is 2.31. The SMILES string of the molecule is CCNc1ccnc(CC)c1. The van der Waals surface area contributed by atoms with Crippen LogP contribution in [0, 0.1) is 0 Å². The Balaban J connectivity index is 2.74. The maximum absolute atomic E-state index is 4.20. The predicted octanol–water partition coefficient (Wildman–Crippen LogP) is 2.08.